The van der Waals surface area contributed by atoms with Crippen molar-refractivity contribution in [2.24, 2.45) is 5.92 Å². The normalized spacial score (nSPS) is 18.7. The van der Waals surface area contributed by atoms with Gasteiger partial charge in [-0.25, -0.2) is 16.8 Å². The van der Waals surface area contributed by atoms with Crippen LogP contribution in [0.1, 0.15) is 12.8 Å². The smallest absolute Gasteiger partial charge is 0.307 e. The second-order valence-corrected chi connectivity index (χ2v) is 10.8. The molecule has 1 aliphatic rings. The predicted octanol–water partition coefficient (Wildman–Crippen LogP) is 2.24. The Labute approximate surface area is 164 Å². The minimum Gasteiger partial charge on any atom is -0.481 e. The first kappa shape index (κ1) is 20.5. The van der Waals surface area contributed by atoms with Gasteiger partial charge in [-0.2, -0.15) is 4.31 Å². The topological polar surface area (TPSA) is 109 Å². The number of rotatable bonds is 5. The van der Waals surface area contributed by atoms with Crippen LogP contribution in [0.25, 0.3) is 11.1 Å². The Morgan fingerprint density at radius 1 is 0.929 bits per heavy atom. The molecule has 2 aromatic carbocycles. The van der Waals surface area contributed by atoms with Gasteiger partial charge in [0, 0.05) is 19.3 Å². The van der Waals surface area contributed by atoms with E-state index in [4.69, 9.17) is 5.11 Å². The third kappa shape index (κ3) is 4.26. The number of benzene rings is 2. The largest absolute Gasteiger partial charge is 0.481 e. The average Bonchev–Trinajstić information content (AvgIpc) is 2.67. The number of sulfone groups is 1. The first-order valence-electron chi connectivity index (χ1n) is 8.72. The summed E-state index contributed by atoms with van der Waals surface area (Å²) in [5.41, 5.74) is 1.52. The molecule has 1 fully saturated rings. The highest BCUT2D eigenvalue weighted by molar-refractivity contribution is 7.90. The van der Waals surface area contributed by atoms with E-state index in [1.807, 2.05) is 0 Å². The summed E-state index contributed by atoms with van der Waals surface area (Å²) in [4.78, 5) is 11.5. The van der Waals surface area contributed by atoms with Crippen molar-refractivity contribution in [3.63, 3.8) is 0 Å². The number of aliphatic carboxylic acids is 1. The Morgan fingerprint density at radius 3 is 1.89 bits per heavy atom. The molecule has 1 saturated heterocycles. The number of carbonyl (C=O) groups is 1. The summed E-state index contributed by atoms with van der Waals surface area (Å²) < 4.78 is 50.0. The molecule has 0 aliphatic carbocycles. The molecule has 0 spiro atoms. The summed E-state index contributed by atoms with van der Waals surface area (Å²) in [7, 11) is -7.04. The van der Waals surface area contributed by atoms with Gasteiger partial charge in [0.2, 0.25) is 10.0 Å². The van der Waals surface area contributed by atoms with Crippen LogP contribution in [-0.4, -0.2) is 51.6 Å². The Hall–Kier alpha value is -2.23. The lowest BCUT2D eigenvalue weighted by Crippen LogP contribution is -2.42. The molecule has 0 bridgehead atoms. The summed E-state index contributed by atoms with van der Waals surface area (Å²) >= 11 is 0. The van der Waals surface area contributed by atoms with E-state index in [9.17, 15) is 21.6 Å². The maximum Gasteiger partial charge on any atom is 0.307 e. The van der Waals surface area contributed by atoms with Gasteiger partial charge in [-0.15, -0.1) is 0 Å². The number of carboxylic acids is 1. The van der Waals surface area contributed by atoms with Crippen molar-refractivity contribution in [1.29, 1.82) is 0 Å². The Morgan fingerprint density at radius 2 is 1.43 bits per heavy atom. The van der Waals surface area contributed by atoms with E-state index >= 15 is 0 Å². The van der Waals surface area contributed by atoms with E-state index in [-0.39, 0.29) is 16.3 Å². The maximum atomic E-state index is 12.8. The van der Waals surface area contributed by atoms with Gasteiger partial charge in [0.15, 0.2) is 9.84 Å². The molecule has 3 rings (SSSR count). The van der Waals surface area contributed by atoms with Gasteiger partial charge in [-0.1, -0.05) is 24.3 Å². The van der Waals surface area contributed by atoms with E-state index in [0.717, 1.165) is 17.4 Å². The van der Waals surface area contributed by atoms with Crippen LogP contribution in [0.15, 0.2) is 58.3 Å². The Bertz CT molecular complexity index is 1070. The molecule has 28 heavy (non-hydrogen) atoms. The fourth-order valence-corrected chi connectivity index (χ4v) is 5.38. The summed E-state index contributed by atoms with van der Waals surface area (Å²) in [6.45, 7) is 0.285. The molecule has 1 atom stereocenters. The van der Waals surface area contributed by atoms with Gasteiger partial charge in [0.1, 0.15) is 0 Å². The lowest BCUT2D eigenvalue weighted by molar-refractivity contribution is -0.142. The summed E-state index contributed by atoms with van der Waals surface area (Å²) in [6, 6.07) is 12.6. The fourth-order valence-electron chi connectivity index (χ4n) is 3.23. The number of nitrogens with zero attached hydrogens (tertiary/aromatic N) is 1. The minimum atomic E-state index is -3.76. The summed E-state index contributed by atoms with van der Waals surface area (Å²) in [5.74, 6) is -1.66. The van der Waals surface area contributed by atoms with Crippen molar-refractivity contribution in [1.82, 2.24) is 4.31 Å². The molecule has 0 aromatic heterocycles. The highest BCUT2D eigenvalue weighted by Gasteiger charge is 2.33. The molecule has 150 valence electrons. The molecular weight excluding hydrogens is 402 g/mol. The molecule has 1 heterocycles. The third-order valence-electron chi connectivity index (χ3n) is 4.84. The van der Waals surface area contributed by atoms with Crippen LogP contribution < -0.4 is 0 Å². The fraction of sp³-hybridized carbons (Fsp3) is 0.316. The van der Waals surface area contributed by atoms with Gasteiger partial charge in [0.25, 0.3) is 0 Å². The highest BCUT2D eigenvalue weighted by Crippen LogP contribution is 2.27. The van der Waals surface area contributed by atoms with Crippen molar-refractivity contribution in [3.8, 4) is 11.1 Å². The quantitative estimate of drug-likeness (QED) is 0.790. The zero-order valence-electron chi connectivity index (χ0n) is 15.3. The van der Waals surface area contributed by atoms with Crippen LogP contribution in [-0.2, 0) is 24.7 Å². The standard InChI is InChI=1S/C19H21NO6S2/c1-27(23,24)17-8-4-14(5-9-17)15-6-10-18(11-7-15)28(25,26)20-12-2-3-16(13-20)19(21)22/h4-11,16H,2-3,12-13H2,1H3,(H,21,22)/t16-/m1/s1. The highest BCUT2D eigenvalue weighted by atomic mass is 32.2. The maximum absolute atomic E-state index is 12.8. The van der Waals surface area contributed by atoms with Crippen LogP contribution in [0.4, 0.5) is 0 Å². The number of hydrogen-bond donors (Lipinski definition) is 1. The van der Waals surface area contributed by atoms with Crippen LogP contribution in [0.3, 0.4) is 0 Å². The van der Waals surface area contributed by atoms with Crippen LogP contribution in [0, 0.1) is 5.92 Å². The summed E-state index contributed by atoms with van der Waals surface area (Å²) in [6.07, 6.45) is 2.13. The van der Waals surface area contributed by atoms with Crippen molar-refractivity contribution in [2.75, 3.05) is 19.3 Å². The second kappa shape index (κ2) is 7.65. The van der Waals surface area contributed by atoms with Gasteiger partial charge < -0.3 is 5.11 Å². The van der Waals surface area contributed by atoms with Crippen molar-refractivity contribution in [2.45, 2.75) is 22.6 Å². The molecule has 0 saturated carbocycles. The van der Waals surface area contributed by atoms with Crippen LogP contribution in [0.2, 0.25) is 0 Å². The molecule has 9 heteroatoms. The van der Waals surface area contributed by atoms with Gasteiger partial charge >= 0.3 is 5.97 Å². The Balaban J connectivity index is 1.82. The number of piperidine rings is 1. The lowest BCUT2D eigenvalue weighted by atomic mass is 10.0. The van der Waals surface area contributed by atoms with E-state index in [0.29, 0.717) is 19.4 Å². The van der Waals surface area contributed by atoms with Crippen LogP contribution >= 0.6 is 0 Å². The molecule has 0 unspecified atom stereocenters. The van der Waals surface area contributed by atoms with Crippen LogP contribution in [0.5, 0.6) is 0 Å². The SMILES string of the molecule is CS(=O)(=O)c1ccc(-c2ccc(S(=O)(=O)N3CCC[C@@H](C(=O)O)C3)cc2)cc1. The number of hydrogen-bond acceptors (Lipinski definition) is 5. The number of sulfonamides is 1. The van der Waals surface area contributed by atoms with Gasteiger partial charge in [-0.3, -0.25) is 4.79 Å². The molecule has 0 amide bonds. The lowest BCUT2D eigenvalue weighted by Gasteiger charge is -2.29. The van der Waals surface area contributed by atoms with Crippen molar-refractivity contribution < 1.29 is 26.7 Å². The molecule has 0 radical (unpaired) electrons. The average molecular weight is 424 g/mol. The first-order chi connectivity index (χ1) is 13.1. The van der Waals surface area contributed by atoms with Gasteiger partial charge in [-0.05, 0) is 48.2 Å². The third-order valence-corrected chi connectivity index (χ3v) is 7.85. The minimum absolute atomic E-state index is 0.0215. The second-order valence-electron chi connectivity index (χ2n) is 6.86. The molecule has 7 nitrogen and oxygen atoms in total. The zero-order chi connectivity index (χ0) is 20.5. The molecule has 1 N–H and O–H groups in total. The van der Waals surface area contributed by atoms with Crippen molar-refractivity contribution in [3.05, 3.63) is 48.5 Å². The zero-order valence-corrected chi connectivity index (χ0v) is 16.9. The first-order valence-corrected chi connectivity index (χ1v) is 12.1. The molecular formula is C19H21NO6S2. The monoisotopic (exact) mass is 423 g/mol. The van der Waals surface area contributed by atoms with E-state index in [1.54, 1.807) is 24.3 Å². The van der Waals surface area contributed by atoms with E-state index in [2.05, 4.69) is 0 Å². The summed E-state index contributed by atoms with van der Waals surface area (Å²) in [5, 5.41) is 9.17. The Kier molecular flexibility index (Phi) is 5.60. The predicted molar refractivity (Wildman–Crippen MR) is 104 cm³/mol. The van der Waals surface area contributed by atoms with E-state index in [1.165, 1.54) is 28.6 Å². The molecule has 1 aliphatic heterocycles. The van der Waals surface area contributed by atoms with E-state index < -0.39 is 31.7 Å². The van der Waals surface area contributed by atoms with Crippen molar-refractivity contribution >= 4 is 25.8 Å². The molecule has 2 aromatic rings. The van der Waals surface area contributed by atoms with Gasteiger partial charge in [0.05, 0.1) is 15.7 Å². The number of carboxylic acid groups (broad SMARTS) is 1.